The summed E-state index contributed by atoms with van der Waals surface area (Å²) in [6, 6.07) is 21.7. The zero-order chi connectivity index (χ0) is 18.6. The van der Waals surface area contributed by atoms with E-state index in [2.05, 4.69) is 5.32 Å². The number of nitrogens with two attached hydrogens (primary N) is 1. The summed E-state index contributed by atoms with van der Waals surface area (Å²) in [5, 5.41) is 7.77. The SMILES string of the molecule is NS(=O)(=O)c1ccc(C(=O)Nc2ccc(Oc3ccccc3)cc2)cc1. The molecule has 0 bridgehead atoms. The lowest BCUT2D eigenvalue weighted by molar-refractivity contribution is 0.102. The van der Waals surface area contributed by atoms with Crippen molar-refractivity contribution < 1.29 is 17.9 Å². The molecule has 0 aliphatic rings. The molecule has 0 saturated carbocycles. The predicted molar refractivity (Wildman–Crippen MR) is 98.7 cm³/mol. The molecule has 3 aromatic carbocycles. The van der Waals surface area contributed by atoms with Gasteiger partial charge in [0.25, 0.3) is 5.91 Å². The van der Waals surface area contributed by atoms with Gasteiger partial charge < -0.3 is 10.1 Å². The van der Waals surface area contributed by atoms with Crippen molar-refractivity contribution in [2.45, 2.75) is 4.90 Å². The first-order valence-corrected chi connectivity index (χ1v) is 9.24. The van der Waals surface area contributed by atoms with Gasteiger partial charge in [-0.2, -0.15) is 0 Å². The quantitative estimate of drug-likeness (QED) is 0.721. The molecule has 0 saturated heterocycles. The van der Waals surface area contributed by atoms with E-state index in [0.29, 0.717) is 17.0 Å². The van der Waals surface area contributed by atoms with E-state index in [4.69, 9.17) is 9.88 Å². The molecule has 0 aromatic heterocycles. The second kappa shape index (κ2) is 7.38. The van der Waals surface area contributed by atoms with Crippen LogP contribution in [0.2, 0.25) is 0 Å². The van der Waals surface area contributed by atoms with Crippen molar-refractivity contribution in [2.75, 3.05) is 5.32 Å². The lowest BCUT2D eigenvalue weighted by atomic mass is 10.2. The van der Waals surface area contributed by atoms with Gasteiger partial charge in [-0.25, -0.2) is 13.6 Å². The van der Waals surface area contributed by atoms with Crippen LogP contribution in [0.4, 0.5) is 5.69 Å². The Bertz CT molecular complexity index is 1000. The van der Waals surface area contributed by atoms with Gasteiger partial charge in [-0.3, -0.25) is 4.79 Å². The highest BCUT2D eigenvalue weighted by molar-refractivity contribution is 7.89. The van der Waals surface area contributed by atoms with E-state index in [0.717, 1.165) is 5.75 Å². The summed E-state index contributed by atoms with van der Waals surface area (Å²) in [5.74, 6) is 1.01. The molecule has 0 fully saturated rings. The normalized spacial score (nSPS) is 11.0. The van der Waals surface area contributed by atoms with Gasteiger partial charge in [0.15, 0.2) is 0 Å². The molecule has 3 aromatic rings. The number of carbonyl (C=O) groups is 1. The van der Waals surface area contributed by atoms with Crippen molar-refractivity contribution in [2.24, 2.45) is 5.14 Å². The van der Waals surface area contributed by atoms with E-state index < -0.39 is 10.0 Å². The largest absolute Gasteiger partial charge is 0.457 e. The average molecular weight is 368 g/mol. The van der Waals surface area contributed by atoms with Gasteiger partial charge in [0.1, 0.15) is 11.5 Å². The van der Waals surface area contributed by atoms with Gasteiger partial charge in [0.05, 0.1) is 4.90 Å². The number of hydrogen-bond acceptors (Lipinski definition) is 4. The number of primary sulfonamides is 1. The topological polar surface area (TPSA) is 98.5 Å². The van der Waals surface area contributed by atoms with Gasteiger partial charge in [0, 0.05) is 11.3 Å². The third-order valence-corrected chi connectivity index (χ3v) is 4.47. The number of ether oxygens (including phenoxy) is 1. The Balaban J connectivity index is 1.66. The van der Waals surface area contributed by atoms with Crippen LogP contribution in [0.25, 0.3) is 0 Å². The standard InChI is InChI=1S/C19H16N2O4S/c20-26(23,24)18-12-6-14(7-13-18)19(22)21-15-8-10-17(11-9-15)25-16-4-2-1-3-5-16/h1-13H,(H,21,22)(H2,20,23,24). The number of carbonyl (C=O) groups excluding carboxylic acids is 1. The van der Waals surface area contributed by atoms with E-state index in [1.165, 1.54) is 24.3 Å². The predicted octanol–water partition coefficient (Wildman–Crippen LogP) is 3.38. The highest BCUT2D eigenvalue weighted by Gasteiger charge is 2.10. The number of hydrogen-bond donors (Lipinski definition) is 2. The number of para-hydroxylation sites is 1. The van der Waals surface area contributed by atoms with Crippen molar-refractivity contribution >= 4 is 21.6 Å². The summed E-state index contributed by atoms with van der Waals surface area (Å²) in [5.41, 5.74) is 0.910. The zero-order valence-corrected chi connectivity index (χ0v) is 14.4. The Hall–Kier alpha value is -3.16. The molecular formula is C19H16N2O4S. The summed E-state index contributed by atoms with van der Waals surface area (Å²) >= 11 is 0. The molecule has 3 N–H and O–H groups in total. The number of nitrogens with one attached hydrogen (secondary N) is 1. The maximum Gasteiger partial charge on any atom is 0.255 e. The van der Waals surface area contributed by atoms with E-state index in [9.17, 15) is 13.2 Å². The van der Waals surface area contributed by atoms with Crippen LogP contribution in [0.15, 0.2) is 83.8 Å². The van der Waals surface area contributed by atoms with Crippen molar-refractivity contribution in [1.29, 1.82) is 0 Å². The van der Waals surface area contributed by atoms with Crippen molar-refractivity contribution in [3.63, 3.8) is 0 Å². The van der Waals surface area contributed by atoms with Crippen LogP contribution in [0.3, 0.4) is 0 Å². The zero-order valence-electron chi connectivity index (χ0n) is 13.6. The number of benzene rings is 3. The summed E-state index contributed by atoms with van der Waals surface area (Å²) < 4.78 is 28.2. The monoisotopic (exact) mass is 368 g/mol. The van der Waals surface area contributed by atoms with Crippen LogP contribution < -0.4 is 15.2 Å². The minimum Gasteiger partial charge on any atom is -0.457 e. The molecule has 0 spiro atoms. The smallest absolute Gasteiger partial charge is 0.255 e. The summed E-state index contributed by atoms with van der Waals surface area (Å²) in [6.45, 7) is 0. The number of amides is 1. The van der Waals surface area contributed by atoms with E-state index in [1.54, 1.807) is 24.3 Å². The van der Waals surface area contributed by atoms with Crippen LogP contribution in [-0.2, 0) is 10.0 Å². The Labute approximate surface area is 151 Å². The molecule has 0 heterocycles. The molecule has 7 heteroatoms. The Morgan fingerprint density at radius 3 is 1.96 bits per heavy atom. The summed E-state index contributed by atoms with van der Waals surface area (Å²) in [7, 11) is -3.78. The van der Waals surface area contributed by atoms with E-state index in [1.807, 2.05) is 30.3 Å². The molecule has 0 aliphatic carbocycles. The van der Waals surface area contributed by atoms with Crippen LogP contribution in [0.1, 0.15) is 10.4 Å². The van der Waals surface area contributed by atoms with E-state index >= 15 is 0 Å². The maximum absolute atomic E-state index is 12.2. The fourth-order valence-corrected chi connectivity index (χ4v) is 2.75. The van der Waals surface area contributed by atoms with Gasteiger partial charge >= 0.3 is 0 Å². The summed E-state index contributed by atoms with van der Waals surface area (Å²) in [4.78, 5) is 12.2. The summed E-state index contributed by atoms with van der Waals surface area (Å²) in [6.07, 6.45) is 0. The van der Waals surface area contributed by atoms with E-state index in [-0.39, 0.29) is 10.8 Å². The minimum atomic E-state index is -3.78. The Morgan fingerprint density at radius 1 is 0.808 bits per heavy atom. The van der Waals surface area contributed by atoms with Crippen LogP contribution in [0.5, 0.6) is 11.5 Å². The molecule has 0 unspecified atom stereocenters. The third kappa shape index (κ3) is 4.47. The molecule has 3 rings (SSSR count). The highest BCUT2D eigenvalue weighted by atomic mass is 32.2. The molecule has 1 amide bonds. The molecule has 6 nitrogen and oxygen atoms in total. The number of sulfonamides is 1. The van der Waals surface area contributed by atoms with Crippen molar-refractivity contribution in [1.82, 2.24) is 0 Å². The molecular weight excluding hydrogens is 352 g/mol. The van der Waals surface area contributed by atoms with Crippen molar-refractivity contribution in [3.05, 3.63) is 84.4 Å². The minimum absolute atomic E-state index is 0.0449. The van der Waals surface area contributed by atoms with Crippen molar-refractivity contribution in [3.8, 4) is 11.5 Å². The van der Waals surface area contributed by atoms with Gasteiger partial charge in [-0.15, -0.1) is 0 Å². The molecule has 132 valence electrons. The fourth-order valence-electron chi connectivity index (χ4n) is 2.23. The van der Waals surface area contributed by atoms with Gasteiger partial charge in [-0.05, 0) is 60.7 Å². The molecule has 26 heavy (non-hydrogen) atoms. The first kappa shape index (κ1) is 17.7. The van der Waals surface area contributed by atoms with Gasteiger partial charge in [-0.1, -0.05) is 18.2 Å². The Kier molecular flexibility index (Phi) is 5.01. The second-order valence-electron chi connectivity index (χ2n) is 5.46. The lowest BCUT2D eigenvalue weighted by Gasteiger charge is -2.08. The molecule has 0 aliphatic heterocycles. The maximum atomic E-state index is 12.2. The highest BCUT2D eigenvalue weighted by Crippen LogP contribution is 2.23. The lowest BCUT2D eigenvalue weighted by Crippen LogP contribution is -2.14. The molecule has 0 atom stereocenters. The van der Waals surface area contributed by atoms with Crippen LogP contribution in [-0.4, -0.2) is 14.3 Å². The van der Waals surface area contributed by atoms with Crippen LogP contribution in [0, 0.1) is 0 Å². The first-order valence-electron chi connectivity index (χ1n) is 7.69. The second-order valence-corrected chi connectivity index (χ2v) is 7.02. The molecule has 0 radical (unpaired) electrons. The number of anilines is 1. The van der Waals surface area contributed by atoms with Crippen LogP contribution >= 0.6 is 0 Å². The number of rotatable bonds is 5. The van der Waals surface area contributed by atoms with Gasteiger partial charge in [0.2, 0.25) is 10.0 Å². The average Bonchev–Trinajstić information content (AvgIpc) is 2.63. The fraction of sp³-hybridized carbons (Fsp3) is 0. The Morgan fingerprint density at radius 2 is 1.38 bits per heavy atom. The first-order chi connectivity index (χ1) is 12.4. The third-order valence-electron chi connectivity index (χ3n) is 3.54.